The number of methoxy groups -OCH3 is 1. The zero-order chi connectivity index (χ0) is 16.2. The highest BCUT2D eigenvalue weighted by Gasteiger charge is 2.50. The molecule has 4 aliphatic carbocycles. The Kier molecular flexibility index (Phi) is 3.96. The van der Waals surface area contributed by atoms with E-state index >= 15 is 0 Å². The number of amides is 1. The molecule has 4 saturated carbocycles. The van der Waals surface area contributed by atoms with Crippen LogP contribution in [0.1, 0.15) is 45.4 Å². The van der Waals surface area contributed by atoms with Crippen molar-refractivity contribution >= 4 is 5.91 Å². The van der Waals surface area contributed by atoms with Gasteiger partial charge in [0, 0.05) is 31.5 Å². The minimum Gasteiger partial charge on any atom is -0.384 e. The smallest absolute Gasteiger partial charge is 0.224 e. The Morgan fingerprint density at radius 3 is 2.35 bits per heavy atom. The lowest BCUT2D eigenvalue weighted by atomic mass is 9.54. The molecule has 5 rings (SSSR count). The van der Waals surface area contributed by atoms with Gasteiger partial charge in [-0.15, -0.1) is 0 Å². The standard InChI is InChI=1S/C19H32N2O2/c1-19(11-23-3)9-17(22)21(10-19)12-20(2)18-15-5-13-4-14(7-15)8-16(18)6-13/h13-16,18H,4-12H2,1-3H3/t13?,14?,15?,16?,18?,19-/m1/s1. The summed E-state index contributed by atoms with van der Waals surface area (Å²) in [6.45, 7) is 4.51. The minimum atomic E-state index is -0.00324. The molecule has 1 saturated heterocycles. The molecule has 4 heteroatoms. The summed E-state index contributed by atoms with van der Waals surface area (Å²) >= 11 is 0. The largest absolute Gasteiger partial charge is 0.384 e. The van der Waals surface area contributed by atoms with Crippen molar-refractivity contribution < 1.29 is 9.53 Å². The van der Waals surface area contributed by atoms with Crippen LogP contribution in [0.5, 0.6) is 0 Å². The Bertz CT molecular complexity index is 452. The van der Waals surface area contributed by atoms with Crippen LogP contribution >= 0.6 is 0 Å². The summed E-state index contributed by atoms with van der Waals surface area (Å²) in [5.74, 6) is 4.11. The van der Waals surface area contributed by atoms with Gasteiger partial charge in [0.05, 0.1) is 13.3 Å². The molecule has 0 N–H and O–H groups in total. The van der Waals surface area contributed by atoms with Crippen LogP contribution in [0.4, 0.5) is 0 Å². The lowest BCUT2D eigenvalue weighted by Gasteiger charge is -2.57. The zero-order valence-corrected chi connectivity index (χ0v) is 15.0. The Morgan fingerprint density at radius 1 is 1.17 bits per heavy atom. The second-order valence-electron chi connectivity index (χ2n) is 9.33. The van der Waals surface area contributed by atoms with Crippen molar-refractivity contribution in [3.63, 3.8) is 0 Å². The van der Waals surface area contributed by atoms with E-state index in [1.807, 2.05) is 0 Å². The normalized spacial score (nSPS) is 45.5. The molecule has 5 fully saturated rings. The van der Waals surface area contributed by atoms with Crippen molar-refractivity contribution in [3.8, 4) is 0 Å². The maximum atomic E-state index is 12.4. The fourth-order valence-corrected chi connectivity index (χ4v) is 6.64. The van der Waals surface area contributed by atoms with E-state index in [0.717, 1.165) is 36.9 Å². The highest BCUT2D eigenvalue weighted by Crippen LogP contribution is 2.55. The van der Waals surface area contributed by atoms with Crippen LogP contribution < -0.4 is 0 Å². The molecule has 1 atom stereocenters. The number of rotatable bonds is 5. The first-order valence-corrected chi connectivity index (χ1v) is 9.44. The van der Waals surface area contributed by atoms with Crippen LogP contribution in [-0.2, 0) is 9.53 Å². The zero-order valence-electron chi connectivity index (χ0n) is 15.0. The van der Waals surface area contributed by atoms with Gasteiger partial charge in [-0.05, 0) is 62.8 Å². The van der Waals surface area contributed by atoms with E-state index < -0.39 is 0 Å². The molecule has 1 amide bonds. The van der Waals surface area contributed by atoms with Gasteiger partial charge in [-0.3, -0.25) is 9.69 Å². The molecule has 4 bridgehead atoms. The predicted octanol–water partition coefficient (Wildman–Crippen LogP) is 2.59. The van der Waals surface area contributed by atoms with Gasteiger partial charge in [0.1, 0.15) is 0 Å². The number of carbonyl (C=O) groups excluding carboxylic acids is 1. The summed E-state index contributed by atoms with van der Waals surface area (Å²) in [7, 11) is 3.99. The van der Waals surface area contributed by atoms with Gasteiger partial charge in [-0.2, -0.15) is 0 Å². The molecular formula is C19H32N2O2. The average molecular weight is 320 g/mol. The van der Waals surface area contributed by atoms with Gasteiger partial charge in [0.2, 0.25) is 5.91 Å². The van der Waals surface area contributed by atoms with E-state index in [0.29, 0.717) is 25.0 Å². The molecule has 0 aromatic rings. The molecule has 130 valence electrons. The molecule has 0 aromatic heterocycles. The fraction of sp³-hybridized carbons (Fsp3) is 0.947. The van der Waals surface area contributed by atoms with Crippen LogP contribution in [0.25, 0.3) is 0 Å². The minimum absolute atomic E-state index is 0.00324. The summed E-state index contributed by atoms with van der Waals surface area (Å²) < 4.78 is 5.33. The van der Waals surface area contributed by atoms with Crippen LogP contribution in [0.3, 0.4) is 0 Å². The van der Waals surface area contributed by atoms with E-state index in [9.17, 15) is 4.79 Å². The molecule has 0 aromatic carbocycles. The highest BCUT2D eigenvalue weighted by atomic mass is 16.5. The number of hydrogen-bond donors (Lipinski definition) is 0. The third kappa shape index (κ3) is 2.82. The number of carbonyl (C=O) groups is 1. The highest BCUT2D eigenvalue weighted by molar-refractivity contribution is 5.79. The quantitative estimate of drug-likeness (QED) is 0.780. The first-order valence-electron chi connectivity index (χ1n) is 9.44. The van der Waals surface area contributed by atoms with E-state index in [1.54, 1.807) is 7.11 Å². The monoisotopic (exact) mass is 320 g/mol. The maximum absolute atomic E-state index is 12.4. The Hall–Kier alpha value is -0.610. The average Bonchev–Trinajstić information content (AvgIpc) is 2.72. The lowest BCUT2D eigenvalue weighted by molar-refractivity contribution is -0.132. The number of hydrogen-bond acceptors (Lipinski definition) is 3. The summed E-state index contributed by atoms with van der Waals surface area (Å²) in [6, 6.07) is 0.713. The molecule has 1 aliphatic heterocycles. The first-order chi connectivity index (χ1) is 11.0. The van der Waals surface area contributed by atoms with Gasteiger partial charge < -0.3 is 9.64 Å². The van der Waals surface area contributed by atoms with Crippen LogP contribution in [0.2, 0.25) is 0 Å². The lowest BCUT2D eigenvalue weighted by Crippen LogP contribution is -2.56. The van der Waals surface area contributed by atoms with Gasteiger partial charge in [-0.25, -0.2) is 0 Å². The molecular weight excluding hydrogens is 288 g/mol. The number of nitrogens with zero attached hydrogens (tertiary/aromatic N) is 2. The van der Waals surface area contributed by atoms with Crippen molar-refractivity contribution in [2.75, 3.05) is 34.0 Å². The van der Waals surface area contributed by atoms with Gasteiger partial charge >= 0.3 is 0 Å². The Morgan fingerprint density at radius 2 is 1.78 bits per heavy atom. The van der Waals surface area contributed by atoms with Crippen molar-refractivity contribution in [2.45, 2.75) is 51.5 Å². The van der Waals surface area contributed by atoms with Gasteiger partial charge in [0.25, 0.3) is 0 Å². The van der Waals surface area contributed by atoms with Gasteiger partial charge in [0.15, 0.2) is 0 Å². The van der Waals surface area contributed by atoms with Crippen LogP contribution in [0.15, 0.2) is 0 Å². The second kappa shape index (κ2) is 5.73. The van der Waals surface area contributed by atoms with E-state index in [-0.39, 0.29) is 5.41 Å². The SMILES string of the molecule is COC[C@]1(C)CC(=O)N(CN(C)C2C3CC4CC(C3)CC2C4)C1. The predicted molar refractivity (Wildman–Crippen MR) is 89.8 cm³/mol. The summed E-state index contributed by atoms with van der Waals surface area (Å²) in [6.07, 6.45) is 7.91. The second-order valence-corrected chi connectivity index (χ2v) is 9.33. The summed E-state index contributed by atoms with van der Waals surface area (Å²) in [5, 5.41) is 0. The van der Waals surface area contributed by atoms with Crippen LogP contribution in [0, 0.1) is 29.1 Å². The van der Waals surface area contributed by atoms with Crippen molar-refractivity contribution in [3.05, 3.63) is 0 Å². The number of ether oxygens (including phenoxy) is 1. The summed E-state index contributed by atoms with van der Waals surface area (Å²) in [5.41, 5.74) is -0.00324. The molecule has 1 heterocycles. The van der Waals surface area contributed by atoms with E-state index in [2.05, 4.69) is 23.8 Å². The van der Waals surface area contributed by atoms with E-state index in [4.69, 9.17) is 4.74 Å². The molecule has 0 unspecified atom stereocenters. The third-order valence-electron chi connectivity index (χ3n) is 7.08. The third-order valence-corrected chi connectivity index (χ3v) is 7.08. The Labute approximate surface area is 140 Å². The molecule has 23 heavy (non-hydrogen) atoms. The number of likely N-dealkylation sites (tertiary alicyclic amines) is 1. The van der Waals surface area contributed by atoms with Crippen LogP contribution in [-0.4, -0.2) is 55.7 Å². The topological polar surface area (TPSA) is 32.8 Å². The van der Waals surface area contributed by atoms with Gasteiger partial charge in [-0.1, -0.05) is 6.92 Å². The molecule has 0 spiro atoms. The Balaban J connectivity index is 1.40. The molecule has 5 aliphatic rings. The first kappa shape index (κ1) is 15.9. The summed E-state index contributed by atoms with van der Waals surface area (Å²) in [4.78, 5) is 17.0. The maximum Gasteiger partial charge on any atom is 0.224 e. The molecule has 4 nitrogen and oxygen atoms in total. The fourth-order valence-electron chi connectivity index (χ4n) is 6.64. The van der Waals surface area contributed by atoms with E-state index in [1.165, 1.54) is 32.1 Å². The van der Waals surface area contributed by atoms with Crippen molar-refractivity contribution in [1.29, 1.82) is 0 Å². The van der Waals surface area contributed by atoms with Crippen molar-refractivity contribution in [1.82, 2.24) is 9.80 Å². The molecule has 0 radical (unpaired) electrons. The van der Waals surface area contributed by atoms with Crippen molar-refractivity contribution in [2.24, 2.45) is 29.1 Å².